The van der Waals surface area contributed by atoms with E-state index < -0.39 is 10.0 Å². The van der Waals surface area contributed by atoms with E-state index >= 15 is 0 Å². The Morgan fingerprint density at radius 1 is 1.04 bits per heavy atom. The van der Waals surface area contributed by atoms with Gasteiger partial charge in [-0.15, -0.1) is 12.4 Å². The average molecular weight is 428 g/mol. The van der Waals surface area contributed by atoms with Gasteiger partial charge in [-0.25, -0.2) is 13.9 Å². The van der Waals surface area contributed by atoms with Gasteiger partial charge < -0.3 is 4.90 Å². The summed E-state index contributed by atoms with van der Waals surface area (Å²) in [7, 11) is -1.28. The SMILES string of the molecule is CN(CCONC(=O)c1ccccc1)CCc1ccc(NS(C)(=O)=O)cc1.Cl. The Balaban J connectivity index is 0.00000392. The Labute approximate surface area is 172 Å². The van der Waals surface area contributed by atoms with Crippen molar-refractivity contribution in [3.63, 3.8) is 0 Å². The number of halogens is 1. The first-order chi connectivity index (χ1) is 12.8. The van der Waals surface area contributed by atoms with Gasteiger partial charge in [0, 0.05) is 24.3 Å². The van der Waals surface area contributed by atoms with Crippen LogP contribution in [0.25, 0.3) is 0 Å². The maximum absolute atomic E-state index is 11.8. The first kappa shape index (κ1) is 23.9. The molecule has 0 heterocycles. The number of hydrogen-bond donors (Lipinski definition) is 2. The van der Waals surface area contributed by atoms with Gasteiger partial charge in [-0.1, -0.05) is 30.3 Å². The summed E-state index contributed by atoms with van der Waals surface area (Å²) in [6.45, 7) is 1.87. The van der Waals surface area contributed by atoms with Crippen molar-refractivity contribution in [2.75, 3.05) is 37.7 Å². The second-order valence-electron chi connectivity index (χ2n) is 6.27. The number of rotatable bonds is 10. The van der Waals surface area contributed by atoms with Crippen molar-refractivity contribution in [1.82, 2.24) is 10.4 Å². The Kier molecular flexibility index (Phi) is 9.95. The van der Waals surface area contributed by atoms with Crippen molar-refractivity contribution in [3.05, 3.63) is 65.7 Å². The summed E-state index contributed by atoms with van der Waals surface area (Å²) < 4.78 is 24.8. The normalized spacial score (nSPS) is 11.0. The van der Waals surface area contributed by atoms with Gasteiger partial charge in [0.15, 0.2) is 0 Å². The fraction of sp³-hybridized carbons (Fsp3) is 0.316. The number of sulfonamides is 1. The summed E-state index contributed by atoms with van der Waals surface area (Å²) >= 11 is 0. The average Bonchev–Trinajstić information content (AvgIpc) is 2.64. The number of anilines is 1. The second-order valence-corrected chi connectivity index (χ2v) is 8.02. The third-order valence-electron chi connectivity index (χ3n) is 3.82. The zero-order valence-corrected chi connectivity index (χ0v) is 17.6. The van der Waals surface area contributed by atoms with Crippen LogP contribution in [-0.4, -0.2) is 52.2 Å². The number of benzene rings is 2. The number of carbonyl (C=O) groups excluding carboxylic acids is 1. The predicted octanol–water partition coefficient (Wildman–Crippen LogP) is 2.32. The summed E-state index contributed by atoms with van der Waals surface area (Å²) in [6.07, 6.45) is 1.95. The summed E-state index contributed by atoms with van der Waals surface area (Å²) in [6, 6.07) is 16.2. The molecule has 0 aliphatic heterocycles. The molecule has 0 fully saturated rings. The fourth-order valence-corrected chi connectivity index (χ4v) is 2.92. The molecule has 0 aromatic heterocycles. The second kappa shape index (κ2) is 11.7. The van der Waals surface area contributed by atoms with Gasteiger partial charge in [0.1, 0.15) is 0 Å². The molecule has 2 aromatic rings. The summed E-state index contributed by atoms with van der Waals surface area (Å²) in [4.78, 5) is 19.1. The molecule has 9 heteroatoms. The van der Waals surface area contributed by atoms with E-state index in [9.17, 15) is 13.2 Å². The van der Waals surface area contributed by atoms with E-state index in [-0.39, 0.29) is 18.3 Å². The van der Waals surface area contributed by atoms with Crippen molar-refractivity contribution in [1.29, 1.82) is 0 Å². The lowest BCUT2D eigenvalue weighted by Gasteiger charge is -2.16. The van der Waals surface area contributed by atoms with E-state index in [1.807, 2.05) is 25.2 Å². The Bertz CT molecular complexity index is 830. The van der Waals surface area contributed by atoms with Gasteiger partial charge in [0.25, 0.3) is 5.91 Å². The number of likely N-dealkylation sites (N-methyl/N-ethyl adjacent to an activating group) is 1. The van der Waals surface area contributed by atoms with Gasteiger partial charge in [0.05, 0.1) is 12.9 Å². The number of nitrogens with one attached hydrogen (secondary N) is 2. The topological polar surface area (TPSA) is 87.7 Å². The Hall–Kier alpha value is -2.13. The monoisotopic (exact) mass is 427 g/mol. The Morgan fingerprint density at radius 2 is 1.68 bits per heavy atom. The van der Waals surface area contributed by atoms with Gasteiger partial charge in [-0.05, 0) is 43.3 Å². The van der Waals surface area contributed by atoms with Crippen LogP contribution in [-0.2, 0) is 21.3 Å². The van der Waals surface area contributed by atoms with E-state index in [0.29, 0.717) is 24.4 Å². The van der Waals surface area contributed by atoms with Crippen molar-refractivity contribution in [3.8, 4) is 0 Å². The zero-order valence-electron chi connectivity index (χ0n) is 15.9. The van der Waals surface area contributed by atoms with Gasteiger partial charge in [0.2, 0.25) is 10.0 Å². The van der Waals surface area contributed by atoms with Crippen molar-refractivity contribution >= 4 is 34.0 Å². The molecule has 0 saturated heterocycles. The van der Waals surface area contributed by atoms with Crippen LogP contribution >= 0.6 is 12.4 Å². The van der Waals surface area contributed by atoms with Gasteiger partial charge >= 0.3 is 0 Å². The van der Waals surface area contributed by atoms with E-state index in [2.05, 4.69) is 15.1 Å². The molecule has 154 valence electrons. The molecule has 0 saturated carbocycles. The molecule has 0 bridgehead atoms. The zero-order chi connectivity index (χ0) is 19.7. The van der Waals surface area contributed by atoms with Crippen LogP contribution < -0.4 is 10.2 Å². The molecule has 0 aliphatic carbocycles. The fourth-order valence-electron chi connectivity index (χ4n) is 2.35. The summed E-state index contributed by atoms with van der Waals surface area (Å²) in [5.74, 6) is -0.263. The van der Waals surface area contributed by atoms with Crippen LogP contribution in [0.1, 0.15) is 15.9 Å². The molecular weight excluding hydrogens is 402 g/mol. The number of nitrogens with zero attached hydrogens (tertiary/aromatic N) is 1. The highest BCUT2D eigenvalue weighted by atomic mass is 35.5. The number of hydrogen-bond acceptors (Lipinski definition) is 5. The Morgan fingerprint density at radius 3 is 2.29 bits per heavy atom. The molecule has 0 radical (unpaired) electrons. The van der Waals surface area contributed by atoms with Crippen LogP contribution in [0, 0.1) is 0 Å². The third kappa shape index (κ3) is 9.18. The largest absolute Gasteiger partial charge is 0.304 e. The van der Waals surface area contributed by atoms with Crippen molar-refractivity contribution in [2.45, 2.75) is 6.42 Å². The van der Waals surface area contributed by atoms with Gasteiger partial charge in [-0.3, -0.25) is 14.4 Å². The first-order valence-electron chi connectivity index (χ1n) is 8.56. The van der Waals surface area contributed by atoms with Crippen LogP contribution in [0.15, 0.2) is 54.6 Å². The third-order valence-corrected chi connectivity index (χ3v) is 4.42. The van der Waals surface area contributed by atoms with Gasteiger partial charge in [-0.2, -0.15) is 0 Å². The maximum atomic E-state index is 11.8. The summed E-state index contributed by atoms with van der Waals surface area (Å²) in [5, 5.41) is 0. The van der Waals surface area contributed by atoms with E-state index in [1.54, 1.807) is 36.4 Å². The highest BCUT2D eigenvalue weighted by Gasteiger charge is 2.05. The number of hydroxylamine groups is 1. The summed E-state index contributed by atoms with van der Waals surface area (Å²) in [5.41, 5.74) is 4.65. The molecule has 7 nitrogen and oxygen atoms in total. The van der Waals surface area contributed by atoms with Crippen LogP contribution in [0.5, 0.6) is 0 Å². The minimum Gasteiger partial charge on any atom is -0.304 e. The first-order valence-corrected chi connectivity index (χ1v) is 10.4. The maximum Gasteiger partial charge on any atom is 0.274 e. The molecule has 1 amide bonds. The number of amides is 1. The van der Waals surface area contributed by atoms with E-state index in [0.717, 1.165) is 24.8 Å². The molecule has 2 rings (SSSR count). The van der Waals surface area contributed by atoms with Crippen LogP contribution in [0.3, 0.4) is 0 Å². The molecule has 2 N–H and O–H groups in total. The lowest BCUT2D eigenvalue weighted by atomic mass is 10.1. The van der Waals surface area contributed by atoms with Crippen LogP contribution in [0.4, 0.5) is 5.69 Å². The number of carbonyl (C=O) groups is 1. The molecule has 0 unspecified atom stereocenters. The lowest BCUT2D eigenvalue weighted by Crippen LogP contribution is -2.30. The highest BCUT2D eigenvalue weighted by molar-refractivity contribution is 7.92. The van der Waals surface area contributed by atoms with E-state index in [4.69, 9.17) is 4.84 Å². The smallest absolute Gasteiger partial charge is 0.274 e. The molecular formula is C19H26ClN3O4S. The predicted molar refractivity (Wildman–Crippen MR) is 113 cm³/mol. The van der Waals surface area contributed by atoms with Crippen LogP contribution in [0.2, 0.25) is 0 Å². The molecule has 0 spiro atoms. The van der Waals surface area contributed by atoms with Crippen molar-refractivity contribution in [2.24, 2.45) is 0 Å². The highest BCUT2D eigenvalue weighted by Crippen LogP contribution is 2.11. The molecule has 0 aliphatic rings. The molecule has 2 aromatic carbocycles. The molecule has 28 heavy (non-hydrogen) atoms. The van der Waals surface area contributed by atoms with E-state index in [1.165, 1.54) is 0 Å². The minimum atomic E-state index is -3.25. The lowest BCUT2D eigenvalue weighted by molar-refractivity contribution is 0.0246. The molecule has 0 atom stereocenters. The van der Waals surface area contributed by atoms with Crippen molar-refractivity contribution < 1.29 is 18.0 Å². The quantitative estimate of drug-likeness (QED) is 0.448. The standard InChI is InChI=1S/C19H25N3O4S.ClH/c1-22(14-15-26-20-19(23)17-6-4-3-5-7-17)13-12-16-8-10-18(11-9-16)21-27(2,24)25;/h3-11,21H,12-15H2,1-2H3,(H,20,23);1H. The minimum absolute atomic E-state index is 0.